The molecule has 3 N–H and O–H groups in total. The van der Waals surface area contributed by atoms with Crippen LogP contribution in [0, 0.1) is 0 Å². The minimum absolute atomic E-state index is 0.103. The topological polar surface area (TPSA) is 64.7 Å². The molecule has 0 unspecified atom stereocenters. The maximum absolute atomic E-state index is 9.60. The normalized spacial score (nSPS) is 13.3. The fourth-order valence-corrected chi connectivity index (χ4v) is 1.45. The summed E-state index contributed by atoms with van der Waals surface area (Å²) in [5.41, 5.74) is 6.63. The van der Waals surface area contributed by atoms with Crippen molar-refractivity contribution < 1.29 is 14.6 Å². The molecular weight excluding hydrogens is 170 g/mol. The molecule has 0 spiro atoms. The van der Waals surface area contributed by atoms with Crippen LogP contribution in [0.3, 0.4) is 0 Å². The first-order chi connectivity index (χ1) is 6.24. The van der Waals surface area contributed by atoms with Crippen molar-refractivity contribution in [2.75, 3.05) is 12.5 Å². The number of benzene rings is 1. The fourth-order valence-electron chi connectivity index (χ4n) is 1.45. The number of phenols is 1. The Bertz CT molecular complexity index is 349. The molecule has 13 heavy (non-hydrogen) atoms. The van der Waals surface area contributed by atoms with Gasteiger partial charge in [0.2, 0.25) is 6.79 Å². The van der Waals surface area contributed by atoms with Gasteiger partial charge in [-0.3, -0.25) is 0 Å². The Morgan fingerprint density at radius 2 is 2.31 bits per heavy atom. The molecule has 1 aliphatic rings. The lowest BCUT2D eigenvalue weighted by atomic mass is 10.1. The van der Waals surface area contributed by atoms with Crippen molar-refractivity contribution in [2.24, 2.45) is 0 Å². The predicted molar refractivity (Wildman–Crippen MR) is 48.0 cm³/mol. The molecule has 0 amide bonds. The average molecular weight is 181 g/mol. The molecule has 0 atom stereocenters. The lowest BCUT2D eigenvalue weighted by Crippen LogP contribution is -1.94. The highest BCUT2D eigenvalue weighted by molar-refractivity contribution is 5.67. The van der Waals surface area contributed by atoms with Gasteiger partial charge < -0.3 is 20.3 Å². The van der Waals surface area contributed by atoms with Crippen molar-refractivity contribution >= 4 is 5.69 Å². The molecule has 4 heteroatoms. The van der Waals surface area contributed by atoms with Crippen molar-refractivity contribution in [1.29, 1.82) is 0 Å². The van der Waals surface area contributed by atoms with Crippen LogP contribution in [0.25, 0.3) is 0 Å². The molecule has 0 saturated heterocycles. The summed E-state index contributed by atoms with van der Waals surface area (Å²) in [7, 11) is 0. The molecule has 4 nitrogen and oxygen atoms in total. The van der Waals surface area contributed by atoms with Crippen molar-refractivity contribution in [3.05, 3.63) is 11.6 Å². The standard InChI is InChI=1S/C9H11NO3/c1-2-5-8(11)6(10)3-7-9(5)13-4-12-7/h3,11H,2,4,10H2,1H3. The summed E-state index contributed by atoms with van der Waals surface area (Å²) in [4.78, 5) is 0. The van der Waals surface area contributed by atoms with Crippen molar-refractivity contribution in [2.45, 2.75) is 13.3 Å². The van der Waals surface area contributed by atoms with Gasteiger partial charge in [0.05, 0.1) is 5.69 Å². The number of hydrogen-bond donors (Lipinski definition) is 2. The summed E-state index contributed by atoms with van der Waals surface area (Å²) in [6.45, 7) is 2.13. The van der Waals surface area contributed by atoms with Gasteiger partial charge in [0.15, 0.2) is 11.5 Å². The molecule has 1 aromatic rings. The summed E-state index contributed by atoms with van der Waals surface area (Å²) in [5.74, 6) is 1.34. The van der Waals surface area contributed by atoms with Gasteiger partial charge in [-0.1, -0.05) is 6.92 Å². The number of aromatic hydroxyl groups is 1. The molecule has 0 radical (unpaired) electrons. The Balaban J connectivity index is 2.64. The molecular formula is C9H11NO3. The SMILES string of the molecule is CCc1c(O)c(N)cc2c1OCO2. The van der Waals surface area contributed by atoms with E-state index in [1.165, 1.54) is 0 Å². The first-order valence-corrected chi connectivity index (χ1v) is 4.14. The van der Waals surface area contributed by atoms with Gasteiger partial charge in [-0.15, -0.1) is 0 Å². The van der Waals surface area contributed by atoms with Gasteiger partial charge in [-0.25, -0.2) is 0 Å². The van der Waals surface area contributed by atoms with Crippen LogP contribution in [0.5, 0.6) is 17.2 Å². The van der Waals surface area contributed by atoms with E-state index in [0.717, 1.165) is 0 Å². The van der Waals surface area contributed by atoms with Crippen LogP contribution in [0.1, 0.15) is 12.5 Å². The summed E-state index contributed by atoms with van der Waals surface area (Å²) in [5, 5.41) is 9.60. The van der Waals surface area contributed by atoms with E-state index in [0.29, 0.717) is 29.2 Å². The van der Waals surface area contributed by atoms with Crippen LogP contribution in [-0.4, -0.2) is 11.9 Å². The zero-order valence-electron chi connectivity index (χ0n) is 7.33. The third-order valence-electron chi connectivity index (χ3n) is 2.12. The van der Waals surface area contributed by atoms with E-state index in [9.17, 15) is 5.11 Å². The van der Waals surface area contributed by atoms with Crippen molar-refractivity contribution in [3.8, 4) is 17.2 Å². The van der Waals surface area contributed by atoms with E-state index < -0.39 is 0 Å². The van der Waals surface area contributed by atoms with E-state index >= 15 is 0 Å². The Morgan fingerprint density at radius 1 is 1.54 bits per heavy atom. The smallest absolute Gasteiger partial charge is 0.231 e. The first kappa shape index (κ1) is 8.04. The van der Waals surface area contributed by atoms with Crippen LogP contribution < -0.4 is 15.2 Å². The first-order valence-electron chi connectivity index (χ1n) is 4.14. The van der Waals surface area contributed by atoms with Crippen LogP contribution in [0.4, 0.5) is 5.69 Å². The third-order valence-corrected chi connectivity index (χ3v) is 2.12. The number of ether oxygens (including phenoxy) is 2. The summed E-state index contributed by atoms with van der Waals surface area (Å²) < 4.78 is 10.4. The van der Waals surface area contributed by atoms with E-state index in [2.05, 4.69) is 0 Å². The summed E-state index contributed by atoms with van der Waals surface area (Å²) in [6.07, 6.45) is 0.669. The minimum Gasteiger partial charge on any atom is -0.505 e. The van der Waals surface area contributed by atoms with Gasteiger partial charge in [0.25, 0.3) is 0 Å². The number of hydrogen-bond acceptors (Lipinski definition) is 4. The van der Waals surface area contributed by atoms with Crippen molar-refractivity contribution in [1.82, 2.24) is 0 Å². The fraction of sp³-hybridized carbons (Fsp3) is 0.333. The van der Waals surface area contributed by atoms with E-state index in [1.54, 1.807) is 6.07 Å². The Hall–Kier alpha value is -1.58. The second-order valence-electron chi connectivity index (χ2n) is 2.88. The Kier molecular flexibility index (Phi) is 1.69. The van der Waals surface area contributed by atoms with E-state index in [1.807, 2.05) is 6.92 Å². The monoisotopic (exact) mass is 181 g/mol. The second kappa shape index (κ2) is 2.73. The molecule has 70 valence electrons. The van der Waals surface area contributed by atoms with Gasteiger partial charge in [0.1, 0.15) is 5.75 Å². The number of nitrogens with two attached hydrogens (primary N) is 1. The van der Waals surface area contributed by atoms with Gasteiger partial charge in [0, 0.05) is 11.6 Å². The Morgan fingerprint density at radius 3 is 3.00 bits per heavy atom. The number of anilines is 1. The number of phenolic OH excluding ortho intramolecular Hbond substituents is 1. The zero-order valence-corrected chi connectivity index (χ0v) is 7.33. The van der Waals surface area contributed by atoms with Crippen LogP contribution >= 0.6 is 0 Å². The molecule has 1 heterocycles. The van der Waals surface area contributed by atoms with E-state index in [4.69, 9.17) is 15.2 Å². The third kappa shape index (κ3) is 1.06. The highest BCUT2D eigenvalue weighted by Crippen LogP contribution is 2.44. The number of fused-ring (bicyclic) bond motifs is 1. The second-order valence-corrected chi connectivity index (χ2v) is 2.88. The molecule has 1 aliphatic heterocycles. The molecule has 0 saturated carbocycles. The lowest BCUT2D eigenvalue weighted by Gasteiger charge is -2.08. The highest BCUT2D eigenvalue weighted by Gasteiger charge is 2.21. The Labute approximate surface area is 75.9 Å². The van der Waals surface area contributed by atoms with Crippen LogP contribution in [0.2, 0.25) is 0 Å². The molecule has 0 bridgehead atoms. The lowest BCUT2D eigenvalue weighted by molar-refractivity contribution is 0.173. The zero-order chi connectivity index (χ0) is 9.42. The van der Waals surface area contributed by atoms with Crippen LogP contribution in [-0.2, 0) is 6.42 Å². The van der Waals surface area contributed by atoms with Crippen molar-refractivity contribution in [3.63, 3.8) is 0 Å². The molecule has 0 aliphatic carbocycles. The van der Waals surface area contributed by atoms with Gasteiger partial charge in [-0.05, 0) is 6.42 Å². The minimum atomic E-state index is 0.103. The summed E-state index contributed by atoms with van der Waals surface area (Å²) in [6, 6.07) is 1.58. The average Bonchev–Trinajstić information content (AvgIpc) is 2.54. The highest BCUT2D eigenvalue weighted by atomic mass is 16.7. The maximum Gasteiger partial charge on any atom is 0.231 e. The predicted octanol–water partition coefficient (Wildman–Crippen LogP) is 1.27. The van der Waals surface area contributed by atoms with Gasteiger partial charge >= 0.3 is 0 Å². The molecule has 0 aromatic heterocycles. The molecule has 0 fully saturated rings. The van der Waals surface area contributed by atoms with Crippen LogP contribution in [0.15, 0.2) is 6.07 Å². The summed E-state index contributed by atoms with van der Waals surface area (Å²) >= 11 is 0. The maximum atomic E-state index is 9.60. The number of nitrogen functional groups attached to an aromatic ring is 1. The number of rotatable bonds is 1. The van der Waals surface area contributed by atoms with Gasteiger partial charge in [-0.2, -0.15) is 0 Å². The van der Waals surface area contributed by atoms with E-state index in [-0.39, 0.29) is 12.5 Å². The molecule has 2 rings (SSSR count). The quantitative estimate of drug-likeness (QED) is 0.505. The largest absolute Gasteiger partial charge is 0.505 e. The molecule has 1 aromatic carbocycles.